The number of rotatable bonds is 6. The first kappa shape index (κ1) is 24.1. The molecule has 0 aliphatic heterocycles. The maximum Gasteiger partial charge on any atom is 0.262 e. The lowest BCUT2D eigenvalue weighted by Crippen LogP contribution is -2.27. The molecule has 0 atom stereocenters. The number of hydrogen-bond donors (Lipinski definition) is 0. The molecule has 178 valence electrons. The van der Waals surface area contributed by atoms with Crippen LogP contribution < -0.4 is 19.1 Å². The Hall–Kier alpha value is -2.99. The number of anilines is 1. The Labute approximate surface area is 209 Å². The quantitative estimate of drug-likeness (QED) is 0.343. The van der Waals surface area contributed by atoms with Gasteiger partial charge in [-0.05, 0) is 83.3 Å². The number of ether oxygens (including phenoxy) is 3. The molecule has 34 heavy (non-hydrogen) atoms. The lowest BCUT2D eigenvalue weighted by atomic mass is 9.89. The van der Waals surface area contributed by atoms with E-state index in [2.05, 4.69) is 28.1 Å². The number of halogens is 1. The highest BCUT2D eigenvalue weighted by Gasteiger charge is 2.26. The maximum absolute atomic E-state index is 13.8. The Bertz CT molecular complexity index is 1280. The second kappa shape index (κ2) is 10.1. The molecule has 1 aliphatic carbocycles. The van der Waals surface area contributed by atoms with E-state index in [0.29, 0.717) is 21.5 Å². The molecule has 0 saturated heterocycles. The van der Waals surface area contributed by atoms with Gasteiger partial charge in [0.25, 0.3) is 5.91 Å². The normalized spacial score (nSPS) is 13.4. The van der Waals surface area contributed by atoms with Crippen LogP contribution in [0.2, 0.25) is 0 Å². The average molecular weight is 524 g/mol. The third kappa shape index (κ3) is 4.16. The maximum atomic E-state index is 13.8. The standard InChI is InChI=1S/C28H30BrNO4/c1-17-14-15-21(29)25(26(17)33-4)28(31)30(2)22-13-9-12-19-20(22)16-23(32-3)27(34-5)24(19)18-10-7-6-8-11-18/h9-10,12-16H,6-8,11H2,1-5H3. The van der Waals surface area contributed by atoms with Gasteiger partial charge < -0.3 is 19.1 Å². The SMILES string of the molecule is COc1cc2c(N(C)C(=O)c3c(Br)ccc(C)c3OC)cccc2c(C2=CCCCC2)c1OC. The summed E-state index contributed by atoms with van der Waals surface area (Å²) >= 11 is 3.55. The molecule has 3 aromatic rings. The van der Waals surface area contributed by atoms with Gasteiger partial charge in [0, 0.05) is 22.5 Å². The third-order valence-corrected chi connectivity index (χ3v) is 7.16. The van der Waals surface area contributed by atoms with Gasteiger partial charge in [-0.15, -0.1) is 0 Å². The number of aryl methyl sites for hydroxylation is 1. The van der Waals surface area contributed by atoms with Crippen LogP contribution >= 0.6 is 15.9 Å². The fraction of sp³-hybridized carbons (Fsp3) is 0.321. The molecule has 4 rings (SSSR count). The summed E-state index contributed by atoms with van der Waals surface area (Å²) < 4.78 is 17.9. The molecule has 0 N–H and O–H groups in total. The number of allylic oxidation sites excluding steroid dienone is 2. The number of methoxy groups -OCH3 is 3. The molecule has 0 spiro atoms. The smallest absolute Gasteiger partial charge is 0.262 e. The Balaban J connectivity index is 1.94. The van der Waals surface area contributed by atoms with Crippen molar-refractivity contribution in [3.8, 4) is 17.2 Å². The van der Waals surface area contributed by atoms with Crippen molar-refractivity contribution in [3.05, 3.63) is 63.6 Å². The van der Waals surface area contributed by atoms with Gasteiger partial charge in [0.15, 0.2) is 11.5 Å². The van der Waals surface area contributed by atoms with Crippen LogP contribution in [-0.4, -0.2) is 34.3 Å². The molecular weight excluding hydrogens is 494 g/mol. The summed E-state index contributed by atoms with van der Waals surface area (Å²) in [5.74, 6) is 1.79. The highest BCUT2D eigenvalue weighted by Crippen LogP contribution is 2.46. The minimum absolute atomic E-state index is 0.159. The molecule has 0 unspecified atom stereocenters. The summed E-state index contributed by atoms with van der Waals surface area (Å²) in [6.07, 6.45) is 6.69. The Morgan fingerprint density at radius 2 is 1.74 bits per heavy atom. The monoisotopic (exact) mass is 523 g/mol. The van der Waals surface area contributed by atoms with Crippen molar-refractivity contribution in [3.63, 3.8) is 0 Å². The fourth-order valence-corrected chi connectivity index (χ4v) is 5.28. The molecule has 5 nitrogen and oxygen atoms in total. The van der Waals surface area contributed by atoms with Crippen LogP contribution in [-0.2, 0) is 0 Å². The van der Waals surface area contributed by atoms with Gasteiger partial charge in [0.2, 0.25) is 0 Å². The van der Waals surface area contributed by atoms with Gasteiger partial charge in [-0.25, -0.2) is 0 Å². The zero-order valence-electron chi connectivity index (χ0n) is 20.3. The average Bonchev–Trinajstić information content (AvgIpc) is 2.87. The number of amides is 1. The summed E-state index contributed by atoms with van der Waals surface area (Å²) in [7, 11) is 6.71. The summed E-state index contributed by atoms with van der Waals surface area (Å²) in [6.45, 7) is 1.93. The molecule has 0 fully saturated rings. The van der Waals surface area contributed by atoms with E-state index in [-0.39, 0.29) is 5.91 Å². The minimum atomic E-state index is -0.159. The van der Waals surface area contributed by atoms with Crippen LogP contribution in [0.4, 0.5) is 5.69 Å². The number of carbonyl (C=O) groups is 1. The van der Waals surface area contributed by atoms with Crippen molar-refractivity contribution in [1.29, 1.82) is 0 Å². The van der Waals surface area contributed by atoms with E-state index < -0.39 is 0 Å². The molecule has 0 aromatic heterocycles. The van der Waals surface area contributed by atoms with Gasteiger partial charge in [-0.3, -0.25) is 4.79 Å². The van der Waals surface area contributed by atoms with Crippen LogP contribution in [0.1, 0.15) is 47.2 Å². The lowest BCUT2D eigenvalue weighted by molar-refractivity contribution is 0.0989. The van der Waals surface area contributed by atoms with E-state index in [4.69, 9.17) is 14.2 Å². The van der Waals surface area contributed by atoms with E-state index in [1.165, 1.54) is 12.0 Å². The second-order valence-electron chi connectivity index (χ2n) is 8.47. The molecule has 0 saturated carbocycles. The van der Waals surface area contributed by atoms with Crippen LogP contribution in [0, 0.1) is 6.92 Å². The van der Waals surface area contributed by atoms with Crippen LogP contribution in [0.15, 0.2) is 46.9 Å². The molecule has 1 aliphatic rings. The second-order valence-corrected chi connectivity index (χ2v) is 9.33. The van der Waals surface area contributed by atoms with Crippen molar-refractivity contribution in [2.45, 2.75) is 32.6 Å². The van der Waals surface area contributed by atoms with E-state index in [0.717, 1.165) is 52.6 Å². The largest absolute Gasteiger partial charge is 0.496 e. The van der Waals surface area contributed by atoms with E-state index in [1.54, 1.807) is 33.3 Å². The van der Waals surface area contributed by atoms with Crippen LogP contribution in [0.25, 0.3) is 16.3 Å². The predicted molar refractivity (Wildman–Crippen MR) is 142 cm³/mol. The summed E-state index contributed by atoms with van der Waals surface area (Å²) in [6, 6.07) is 11.8. The van der Waals surface area contributed by atoms with Crippen molar-refractivity contribution in [2.24, 2.45) is 0 Å². The van der Waals surface area contributed by atoms with Gasteiger partial charge >= 0.3 is 0 Å². The van der Waals surface area contributed by atoms with E-state index >= 15 is 0 Å². The Kier molecular flexibility index (Phi) is 7.17. The highest BCUT2D eigenvalue weighted by atomic mass is 79.9. The number of nitrogens with zero attached hydrogens (tertiary/aromatic N) is 1. The molecular formula is C28H30BrNO4. The third-order valence-electron chi connectivity index (χ3n) is 6.50. The number of hydrogen-bond acceptors (Lipinski definition) is 4. The zero-order chi connectivity index (χ0) is 24.4. The first-order valence-corrected chi connectivity index (χ1v) is 12.2. The van der Waals surface area contributed by atoms with E-state index in [9.17, 15) is 4.79 Å². The first-order valence-electron chi connectivity index (χ1n) is 11.4. The molecule has 0 heterocycles. The number of fused-ring (bicyclic) bond motifs is 1. The fourth-order valence-electron chi connectivity index (χ4n) is 4.80. The van der Waals surface area contributed by atoms with Crippen molar-refractivity contribution in [2.75, 3.05) is 33.3 Å². The highest BCUT2D eigenvalue weighted by molar-refractivity contribution is 9.10. The molecule has 0 radical (unpaired) electrons. The van der Waals surface area contributed by atoms with E-state index in [1.807, 2.05) is 37.3 Å². The van der Waals surface area contributed by atoms with Gasteiger partial charge in [-0.2, -0.15) is 0 Å². The van der Waals surface area contributed by atoms with Crippen LogP contribution in [0.3, 0.4) is 0 Å². The summed E-state index contributed by atoms with van der Waals surface area (Å²) in [5.41, 5.74) is 4.50. The predicted octanol–water partition coefficient (Wildman–Crippen LogP) is 7.17. The number of carbonyl (C=O) groups excluding carboxylic acids is 1. The number of benzene rings is 3. The van der Waals surface area contributed by atoms with Gasteiger partial charge in [0.05, 0.1) is 32.6 Å². The molecule has 1 amide bonds. The molecule has 6 heteroatoms. The van der Waals surface area contributed by atoms with Gasteiger partial charge in [-0.1, -0.05) is 24.3 Å². The zero-order valence-corrected chi connectivity index (χ0v) is 21.9. The first-order chi connectivity index (χ1) is 16.4. The van der Waals surface area contributed by atoms with Crippen LogP contribution in [0.5, 0.6) is 17.2 Å². The molecule has 0 bridgehead atoms. The minimum Gasteiger partial charge on any atom is -0.496 e. The van der Waals surface area contributed by atoms with Crippen molar-refractivity contribution in [1.82, 2.24) is 0 Å². The van der Waals surface area contributed by atoms with Crippen molar-refractivity contribution < 1.29 is 19.0 Å². The summed E-state index contributed by atoms with van der Waals surface area (Å²) in [4.78, 5) is 15.4. The molecule has 3 aromatic carbocycles. The summed E-state index contributed by atoms with van der Waals surface area (Å²) in [5, 5.41) is 1.97. The van der Waals surface area contributed by atoms with Gasteiger partial charge in [0.1, 0.15) is 5.75 Å². The Morgan fingerprint density at radius 3 is 2.38 bits per heavy atom. The van der Waals surface area contributed by atoms with Crippen molar-refractivity contribution >= 4 is 43.9 Å². The Morgan fingerprint density at radius 1 is 0.971 bits per heavy atom. The lowest BCUT2D eigenvalue weighted by Gasteiger charge is -2.25. The topological polar surface area (TPSA) is 48.0 Å².